The summed E-state index contributed by atoms with van der Waals surface area (Å²) in [6.45, 7) is 3.08. The van der Waals surface area contributed by atoms with Gasteiger partial charge in [0.1, 0.15) is 29.6 Å². The Hall–Kier alpha value is -3.12. The van der Waals surface area contributed by atoms with Crippen LogP contribution < -0.4 is 10.5 Å². The molecule has 2 heterocycles. The first-order valence-corrected chi connectivity index (χ1v) is 8.14. The number of aliphatic carboxylic acids is 1. The Labute approximate surface area is 154 Å². The summed E-state index contributed by atoms with van der Waals surface area (Å²) in [5.74, 6) is 2.22. The van der Waals surface area contributed by atoms with E-state index < -0.39 is 28.8 Å². The van der Waals surface area contributed by atoms with Gasteiger partial charge in [0.15, 0.2) is 0 Å². The fraction of sp³-hybridized carbons (Fsp3) is 0.389. The second-order valence-electron chi connectivity index (χ2n) is 6.87. The van der Waals surface area contributed by atoms with Crippen LogP contribution in [0.3, 0.4) is 0 Å². The molecule has 3 rings (SSSR count). The Morgan fingerprint density at radius 3 is 2.74 bits per heavy atom. The number of benzene rings is 1. The Morgan fingerprint density at radius 1 is 1.44 bits per heavy atom. The molecule has 0 saturated heterocycles. The van der Waals surface area contributed by atoms with Crippen LogP contribution in [0.1, 0.15) is 25.0 Å². The van der Waals surface area contributed by atoms with E-state index >= 15 is 0 Å². The Morgan fingerprint density at radius 2 is 2.15 bits per heavy atom. The Kier molecular flexibility index (Phi) is 4.32. The third kappa shape index (κ3) is 3.31. The van der Waals surface area contributed by atoms with E-state index in [2.05, 4.69) is 16.8 Å². The smallest absolute Gasteiger partial charge is 0.343 e. The minimum Gasteiger partial charge on any atom is -0.491 e. The fourth-order valence-electron chi connectivity index (χ4n) is 2.84. The second kappa shape index (κ2) is 6.25. The topological polar surface area (TPSA) is 125 Å². The number of amides is 1. The van der Waals surface area contributed by atoms with E-state index in [0.717, 1.165) is 6.07 Å². The molecule has 1 aromatic rings. The van der Waals surface area contributed by atoms with Gasteiger partial charge >= 0.3 is 5.97 Å². The van der Waals surface area contributed by atoms with Gasteiger partial charge in [-0.3, -0.25) is 4.79 Å². The summed E-state index contributed by atoms with van der Waals surface area (Å²) < 4.78 is 19.9. The molecule has 0 radical (unpaired) electrons. The first-order chi connectivity index (χ1) is 12.5. The summed E-state index contributed by atoms with van der Waals surface area (Å²) >= 11 is 0. The highest BCUT2D eigenvalue weighted by Crippen LogP contribution is 2.32. The van der Waals surface area contributed by atoms with Crippen LogP contribution in [0.15, 0.2) is 17.1 Å². The van der Waals surface area contributed by atoms with Gasteiger partial charge in [-0.05, 0) is 19.9 Å². The van der Waals surface area contributed by atoms with Crippen LogP contribution in [-0.2, 0) is 9.59 Å². The number of carbonyl (C=O) groups excluding carboxylic acids is 1. The van der Waals surface area contributed by atoms with Crippen molar-refractivity contribution in [2.45, 2.75) is 25.0 Å². The van der Waals surface area contributed by atoms with Gasteiger partial charge in [-0.25, -0.2) is 14.2 Å². The quantitative estimate of drug-likeness (QED) is 0.482. The molecule has 2 aliphatic heterocycles. The van der Waals surface area contributed by atoms with Crippen LogP contribution in [0.2, 0.25) is 0 Å². The number of primary amides is 1. The van der Waals surface area contributed by atoms with Gasteiger partial charge in [-0.1, -0.05) is 11.8 Å². The van der Waals surface area contributed by atoms with E-state index in [9.17, 15) is 24.2 Å². The number of aliphatic hydroxyl groups is 1. The third-order valence-electron chi connectivity index (χ3n) is 4.21. The van der Waals surface area contributed by atoms with Crippen molar-refractivity contribution >= 4 is 17.7 Å². The van der Waals surface area contributed by atoms with Crippen molar-refractivity contribution in [1.82, 2.24) is 4.90 Å². The highest BCUT2D eigenvalue weighted by molar-refractivity contribution is 6.14. The summed E-state index contributed by atoms with van der Waals surface area (Å²) in [4.78, 5) is 29.1. The predicted molar refractivity (Wildman–Crippen MR) is 92.7 cm³/mol. The summed E-state index contributed by atoms with van der Waals surface area (Å²) in [6.07, 6.45) is 0. The summed E-state index contributed by atoms with van der Waals surface area (Å²) in [7, 11) is 0. The number of nitrogens with zero attached hydrogens (tertiary/aromatic N) is 2. The van der Waals surface area contributed by atoms with E-state index in [0.29, 0.717) is 5.56 Å². The van der Waals surface area contributed by atoms with Crippen LogP contribution in [0.5, 0.6) is 5.75 Å². The molecule has 8 nitrogen and oxygen atoms in total. The molecule has 1 aromatic carbocycles. The van der Waals surface area contributed by atoms with Crippen LogP contribution in [0.4, 0.5) is 4.39 Å². The first-order valence-electron chi connectivity index (χ1n) is 8.14. The van der Waals surface area contributed by atoms with E-state index in [1.807, 2.05) is 0 Å². The molecule has 1 atom stereocenters. The molecular weight excluding hydrogens is 357 g/mol. The number of hydrogen-bond acceptors (Lipinski definition) is 6. The number of ether oxygens (including phenoxy) is 1. The molecule has 142 valence electrons. The maximum absolute atomic E-state index is 14.4. The first kappa shape index (κ1) is 18.7. The van der Waals surface area contributed by atoms with Crippen molar-refractivity contribution in [2.75, 3.05) is 19.7 Å². The molecule has 0 aliphatic carbocycles. The van der Waals surface area contributed by atoms with Crippen molar-refractivity contribution in [1.29, 1.82) is 0 Å². The minimum absolute atomic E-state index is 0.0177. The maximum Gasteiger partial charge on any atom is 0.343 e. The van der Waals surface area contributed by atoms with Gasteiger partial charge in [-0.2, -0.15) is 0 Å². The number of hydrogen-bond donors (Lipinski definition) is 3. The van der Waals surface area contributed by atoms with Crippen molar-refractivity contribution in [3.63, 3.8) is 0 Å². The average molecular weight is 375 g/mol. The number of amidine groups is 1. The molecule has 0 fully saturated rings. The number of carboxylic acid groups (broad SMARTS) is 1. The highest BCUT2D eigenvalue weighted by atomic mass is 19.1. The molecule has 1 amide bonds. The number of carbonyl (C=O) groups is 2. The molecule has 0 spiro atoms. The summed E-state index contributed by atoms with van der Waals surface area (Å²) in [5, 5.41) is 19.2. The van der Waals surface area contributed by atoms with Crippen molar-refractivity contribution in [3.8, 4) is 17.6 Å². The van der Waals surface area contributed by atoms with Gasteiger partial charge < -0.3 is 25.6 Å². The van der Waals surface area contributed by atoms with Crippen molar-refractivity contribution in [3.05, 3.63) is 29.1 Å². The Balaban J connectivity index is 2.17. The number of aliphatic imine (C=N–C) groups is 1. The van der Waals surface area contributed by atoms with Crippen LogP contribution in [0.25, 0.3) is 0 Å². The lowest BCUT2D eigenvalue weighted by Crippen LogP contribution is -2.52. The monoisotopic (exact) mass is 375 g/mol. The number of carboxylic acids is 1. The van der Waals surface area contributed by atoms with E-state index in [1.165, 1.54) is 19.9 Å². The molecule has 2 aliphatic rings. The molecule has 4 N–H and O–H groups in total. The number of nitrogens with two attached hydrogens (primary N) is 1. The fourth-order valence-corrected chi connectivity index (χ4v) is 2.84. The molecule has 0 saturated carbocycles. The highest BCUT2D eigenvalue weighted by Gasteiger charge is 2.52. The van der Waals surface area contributed by atoms with Crippen molar-refractivity contribution in [2.24, 2.45) is 10.7 Å². The lowest BCUT2D eigenvalue weighted by atomic mass is 10.0. The third-order valence-corrected chi connectivity index (χ3v) is 4.21. The van der Waals surface area contributed by atoms with Gasteiger partial charge in [-0.15, -0.1) is 0 Å². The zero-order valence-corrected chi connectivity index (χ0v) is 14.7. The van der Waals surface area contributed by atoms with Crippen molar-refractivity contribution < 1.29 is 28.9 Å². The number of halogens is 1. The Bertz CT molecular complexity index is 909. The van der Waals surface area contributed by atoms with Gasteiger partial charge in [0.05, 0.1) is 24.2 Å². The molecule has 9 heteroatoms. The lowest BCUT2D eigenvalue weighted by molar-refractivity contribution is -0.147. The number of rotatable bonds is 2. The predicted octanol–water partition coefficient (Wildman–Crippen LogP) is -0.289. The molecule has 0 bridgehead atoms. The summed E-state index contributed by atoms with van der Waals surface area (Å²) in [5.41, 5.74) is 2.15. The maximum atomic E-state index is 14.4. The number of fused-ring (bicyclic) bond motifs is 3. The normalized spacial score (nSPS) is 21.0. The van der Waals surface area contributed by atoms with Crippen LogP contribution >= 0.6 is 0 Å². The van der Waals surface area contributed by atoms with E-state index in [1.54, 1.807) is 4.90 Å². The zero-order chi connectivity index (χ0) is 20.0. The lowest BCUT2D eigenvalue weighted by Gasteiger charge is -2.21. The van der Waals surface area contributed by atoms with Gasteiger partial charge in [0.2, 0.25) is 0 Å². The average Bonchev–Trinajstić information content (AvgIpc) is 2.87. The minimum atomic E-state index is -2.11. The largest absolute Gasteiger partial charge is 0.491 e. The van der Waals surface area contributed by atoms with Gasteiger partial charge in [0, 0.05) is 6.07 Å². The standard InChI is InChI=1S/C18H18FN3O5/c1-17(2,26)4-3-10-7-11-13(8-12(10)19)27-6-5-22-9-18(15(20)23,16(24)25)21-14(11)22/h7-8,26H,5-6,9H2,1-2H3,(H2,20,23)(H,24,25). The zero-order valence-electron chi connectivity index (χ0n) is 14.7. The van der Waals surface area contributed by atoms with Crippen LogP contribution in [0, 0.1) is 17.7 Å². The van der Waals surface area contributed by atoms with E-state index in [4.69, 9.17) is 10.5 Å². The van der Waals surface area contributed by atoms with Gasteiger partial charge in [0.25, 0.3) is 11.4 Å². The molecular formula is C18H18FN3O5. The van der Waals surface area contributed by atoms with Crippen LogP contribution in [-0.4, -0.2) is 63.7 Å². The SMILES string of the molecule is CC(C)(O)C#Cc1cc2c(cc1F)OCCN1CC(C(N)=O)(C(=O)O)N=C21. The molecule has 0 aromatic heterocycles. The molecule has 27 heavy (non-hydrogen) atoms. The molecule has 1 unspecified atom stereocenters. The summed E-state index contributed by atoms with van der Waals surface area (Å²) in [6, 6.07) is 2.49. The second-order valence-corrected chi connectivity index (χ2v) is 6.87. The van der Waals surface area contributed by atoms with E-state index in [-0.39, 0.29) is 36.8 Å².